The van der Waals surface area contributed by atoms with Gasteiger partial charge < -0.3 is 5.32 Å². The third-order valence-electron chi connectivity index (χ3n) is 3.21. The van der Waals surface area contributed by atoms with Gasteiger partial charge in [0.2, 0.25) is 10.0 Å². The van der Waals surface area contributed by atoms with Crippen LogP contribution in [0.3, 0.4) is 0 Å². The molecule has 0 aliphatic carbocycles. The van der Waals surface area contributed by atoms with Gasteiger partial charge in [0.25, 0.3) is 5.69 Å². The lowest BCUT2D eigenvalue weighted by Crippen LogP contribution is -2.55. The van der Waals surface area contributed by atoms with Crippen molar-refractivity contribution in [3.05, 3.63) is 34.4 Å². The van der Waals surface area contributed by atoms with E-state index in [0.29, 0.717) is 13.1 Å². The first kappa shape index (κ1) is 14.9. The molecule has 0 spiro atoms. The van der Waals surface area contributed by atoms with Gasteiger partial charge >= 0.3 is 0 Å². The molecule has 1 aromatic carbocycles. The zero-order valence-electron chi connectivity index (χ0n) is 11.3. The average Bonchev–Trinajstić information content (AvgIpc) is 2.37. The minimum Gasteiger partial charge on any atom is -0.309 e. The number of hydrogen-bond donors (Lipinski definition) is 1. The van der Waals surface area contributed by atoms with Gasteiger partial charge in [-0.3, -0.25) is 10.1 Å². The van der Waals surface area contributed by atoms with Crippen LogP contribution in [-0.4, -0.2) is 42.8 Å². The van der Waals surface area contributed by atoms with Crippen molar-refractivity contribution in [3.8, 4) is 0 Å². The number of rotatable bonds is 3. The van der Waals surface area contributed by atoms with Crippen LogP contribution in [0.25, 0.3) is 0 Å². The molecule has 2 atom stereocenters. The maximum absolute atomic E-state index is 12.5. The highest BCUT2D eigenvalue weighted by molar-refractivity contribution is 7.89. The Morgan fingerprint density at radius 1 is 1.20 bits per heavy atom. The maximum Gasteiger partial charge on any atom is 0.269 e. The van der Waals surface area contributed by atoms with Gasteiger partial charge in [0.05, 0.1) is 9.82 Å². The van der Waals surface area contributed by atoms with Gasteiger partial charge in [-0.2, -0.15) is 4.31 Å². The molecule has 0 amide bonds. The van der Waals surface area contributed by atoms with Crippen molar-refractivity contribution < 1.29 is 13.3 Å². The summed E-state index contributed by atoms with van der Waals surface area (Å²) in [4.78, 5) is 10.1. The Bertz CT molecular complexity index is 590. The highest BCUT2D eigenvalue weighted by atomic mass is 32.2. The van der Waals surface area contributed by atoms with E-state index in [1.165, 1.54) is 28.6 Å². The molecule has 1 saturated heterocycles. The average molecular weight is 299 g/mol. The molecule has 1 heterocycles. The smallest absolute Gasteiger partial charge is 0.269 e. The Kier molecular flexibility index (Phi) is 4.07. The number of non-ortho nitro benzene ring substituents is 1. The van der Waals surface area contributed by atoms with Crippen LogP contribution in [0.15, 0.2) is 29.2 Å². The summed E-state index contributed by atoms with van der Waals surface area (Å²) in [6.07, 6.45) is 0. The number of piperazine rings is 1. The first-order chi connectivity index (χ1) is 9.30. The number of sulfonamides is 1. The zero-order valence-corrected chi connectivity index (χ0v) is 12.1. The van der Waals surface area contributed by atoms with Crippen LogP contribution in [0.1, 0.15) is 13.8 Å². The standard InChI is InChI=1S/C12H17N3O4S/c1-9-7-14(8-10(2)13-9)20(18,19)12-5-3-11(4-6-12)15(16)17/h3-6,9-10,13H,7-8H2,1-2H3. The van der Waals surface area contributed by atoms with Gasteiger partial charge in [0.1, 0.15) is 0 Å². The van der Waals surface area contributed by atoms with Crippen LogP contribution in [-0.2, 0) is 10.0 Å². The Labute approximate surface area is 117 Å². The molecule has 0 bridgehead atoms. The van der Waals surface area contributed by atoms with E-state index in [4.69, 9.17) is 0 Å². The molecular formula is C12H17N3O4S. The number of benzene rings is 1. The lowest BCUT2D eigenvalue weighted by Gasteiger charge is -2.35. The van der Waals surface area contributed by atoms with Gasteiger partial charge in [-0.05, 0) is 26.0 Å². The Balaban J connectivity index is 2.27. The van der Waals surface area contributed by atoms with Gasteiger partial charge in [-0.1, -0.05) is 0 Å². The van der Waals surface area contributed by atoms with Crippen molar-refractivity contribution in [2.24, 2.45) is 0 Å². The number of nitro groups is 1. The fourth-order valence-electron chi connectivity index (χ4n) is 2.36. The first-order valence-electron chi connectivity index (χ1n) is 6.31. The summed E-state index contributed by atoms with van der Waals surface area (Å²) in [6, 6.07) is 5.14. The highest BCUT2D eigenvalue weighted by Crippen LogP contribution is 2.21. The molecule has 0 aromatic heterocycles. The largest absolute Gasteiger partial charge is 0.309 e. The number of nitro benzene ring substituents is 1. The molecule has 0 radical (unpaired) electrons. The zero-order chi connectivity index (χ0) is 14.9. The van der Waals surface area contributed by atoms with Crippen LogP contribution in [0.4, 0.5) is 5.69 Å². The predicted octanol–water partition coefficient (Wildman–Crippen LogP) is 0.966. The van der Waals surface area contributed by atoms with Crippen molar-refractivity contribution >= 4 is 15.7 Å². The van der Waals surface area contributed by atoms with Crippen LogP contribution >= 0.6 is 0 Å². The second-order valence-electron chi connectivity index (χ2n) is 5.04. The Morgan fingerprint density at radius 2 is 1.70 bits per heavy atom. The molecule has 1 aliphatic rings. The topological polar surface area (TPSA) is 92.5 Å². The molecule has 8 heteroatoms. The van der Waals surface area contributed by atoms with E-state index < -0.39 is 14.9 Å². The molecule has 2 rings (SSSR count). The molecule has 7 nitrogen and oxygen atoms in total. The van der Waals surface area contributed by atoms with Crippen LogP contribution < -0.4 is 5.32 Å². The van der Waals surface area contributed by atoms with Crippen molar-refractivity contribution in [3.63, 3.8) is 0 Å². The van der Waals surface area contributed by atoms with Crippen molar-refractivity contribution in [2.45, 2.75) is 30.8 Å². The molecule has 20 heavy (non-hydrogen) atoms. The fourth-order valence-corrected chi connectivity index (χ4v) is 3.98. The molecular weight excluding hydrogens is 282 g/mol. The summed E-state index contributed by atoms with van der Waals surface area (Å²) in [5, 5.41) is 13.8. The Morgan fingerprint density at radius 3 is 2.15 bits per heavy atom. The van der Waals surface area contributed by atoms with Crippen molar-refractivity contribution in [1.29, 1.82) is 0 Å². The normalized spacial score (nSPS) is 24.5. The van der Waals surface area contributed by atoms with E-state index in [1.54, 1.807) is 0 Å². The third-order valence-corrected chi connectivity index (χ3v) is 5.06. The fraction of sp³-hybridized carbons (Fsp3) is 0.500. The van der Waals surface area contributed by atoms with Crippen molar-refractivity contribution in [2.75, 3.05) is 13.1 Å². The van der Waals surface area contributed by atoms with Crippen LogP contribution in [0.2, 0.25) is 0 Å². The molecule has 0 saturated carbocycles. The molecule has 1 fully saturated rings. The van der Waals surface area contributed by atoms with Gasteiger partial charge in [0, 0.05) is 37.3 Å². The third kappa shape index (κ3) is 2.97. The SMILES string of the molecule is CC1CN(S(=O)(=O)c2ccc([N+](=O)[O-])cc2)CC(C)N1. The monoisotopic (exact) mass is 299 g/mol. The highest BCUT2D eigenvalue weighted by Gasteiger charge is 2.31. The van der Waals surface area contributed by atoms with E-state index >= 15 is 0 Å². The summed E-state index contributed by atoms with van der Waals surface area (Å²) in [5.41, 5.74) is -0.119. The Hall–Kier alpha value is -1.51. The van der Waals surface area contributed by atoms with Gasteiger partial charge in [0.15, 0.2) is 0 Å². The molecule has 1 aliphatic heterocycles. The van der Waals surface area contributed by atoms with Gasteiger partial charge in [-0.25, -0.2) is 8.42 Å². The lowest BCUT2D eigenvalue weighted by molar-refractivity contribution is -0.384. The molecule has 2 unspecified atom stereocenters. The van der Waals surface area contributed by atoms with E-state index in [1.807, 2.05) is 13.8 Å². The van der Waals surface area contributed by atoms with E-state index in [2.05, 4.69) is 5.32 Å². The quantitative estimate of drug-likeness (QED) is 0.663. The molecule has 1 N–H and O–H groups in total. The van der Waals surface area contributed by atoms with Crippen LogP contribution in [0.5, 0.6) is 0 Å². The number of nitrogens with zero attached hydrogens (tertiary/aromatic N) is 2. The first-order valence-corrected chi connectivity index (χ1v) is 7.75. The van der Waals surface area contributed by atoms with E-state index in [0.717, 1.165) is 0 Å². The summed E-state index contributed by atoms with van der Waals surface area (Å²) in [6.45, 7) is 4.63. The molecule has 110 valence electrons. The second kappa shape index (κ2) is 5.47. The number of hydrogen-bond acceptors (Lipinski definition) is 5. The molecule has 1 aromatic rings. The second-order valence-corrected chi connectivity index (χ2v) is 6.98. The number of nitrogens with one attached hydrogen (secondary N) is 1. The van der Waals surface area contributed by atoms with Crippen molar-refractivity contribution in [1.82, 2.24) is 9.62 Å². The van der Waals surface area contributed by atoms with E-state index in [-0.39, 0.29) is 22.7 Å². The minimum atomic E-state index is -3.60. The summed E-state index contributed by atoms with van der Waals surface area (Å²) in [5.74, 6) is 0. The van der Waals surface area contributed by atoms with Gasteiger partial charge in [-0.15, -0.1) is 0 Å². The van der Waals surface area contributed by atoms with E-state index in [9.17, 15) is 18.5 Å². The minimum absolute atomic E-state index is 0.0755. The summed E-state index contributed by atoms with van der Waals surface area (Å²) in [7, 11) is -3.60. The maximum atomic E-state index is 12.5. The van der Waals surface area contributed by atoms with Crippen LogP contribution in [0, 0.1) is 10.1 Å². The predicted molar refractivity (Wildman–Crippen MR) is 73.9 cm³/mol. The summed E-state index contributed by atoms with van der Waals surface area (Å²) < 4.78 is 26.4. The summed E-state index contributed by atoms with van der Waals surface area (Å²) >= 11 is 0. The lowest BCUT2D eigenvalue weighted by atomic mass is 10.2.